The van der Waals surface area contributed by atoms with Gasteiger partial charge in [-0.25, -0.2) is 9.97 Å². The van der Waals surface area contributed by atoms with Crippen molar-refractivity contribution in [1.82, 2.24) is 9.97 Å². The molecule has 0 atom stereocenters. The summed E-state index contributed by atoms with van der Waals surface area (Å²) in [5.74, 6) is 0.585. The van der Waals surface area contributed by atoms with Crippen LogP contribution in [0, 0.1) is 0 Å². The van der Waals surface area contributed by atoms with Crippen molar-refractivity contribution in [2.45, 2.75) is 19.3 Å². The number of benzene rings is 1. The molecule has 1 aromatic carbocycles. The van der Waals surface area contributed by atoms with Crippen molar-refractivity contribution in [1.29, 1.82) is 0 Å². The molecule has 1 aliphatic carbocycles. The van der Waals surface area contributed by atoms with E-state index in [1.807, 2.05) is 0 Å². The van der Waals surface area contributed by atoms with E-state index in [2.05, 4.69) is 9.97 Å². The lowest BCUT2D eigenvalue weighted by Gasteiger charge is -2.14. The first-order valence-electron chi connectivity index (χ1n) is 6.00. The molecule has 3 rings (SSSR count). The molecule has 0 unspecified atom stereocenters. The molecule has 0 radical (unpaired) electrons. The second-order valence-corrected chi connectivity index (χ2v) is 5.24. The number of aryl methyl sites for hydroxylation is 1. The summed E-state index contributed by atoms with van der Waals surface area (Å²) in [5.41, 5.74) is 2.03. The van der Waals surface area contributed by atoms with Crippen molar-refractivity contribution in [2.24, 2.45) is 0 Å². The first kappa shape index (κ1) is 12.6. The summed E-state index contributed by atoms with van der Waals surface area (Å²) in [6, 6.07) is 5.27. The zero-order valence-corrected chi connectivity index (χ0v) is 11.5. The minimum atomic E-state index is 0.109. The highest BCUT2D eigenvalue weighted by atomic mass is 35.5. The summed E-state index contributed by atoms with van der Waals surface area (Å²) in [6.07, 6.45) is 3.78. The van der Waals surface area contributed by atoms with E-state index in [4.69, 9.17) is 23.2 Å². The van der Waals surface area contributed by atoms with E-state index in [9.17, 15) is 4.79 Å². The Balaban J connectivity index is 2.15. The van der Waals surface area contributed by atoms with Crippen LogP contribution in [0.3, 0.4) is 0 Å². The first-order valence-corrected chi connectivity index (χ1v) is 6.76. The van der Waals surface area contributed by atoms with Crippen LogP contribution in [0.15, 0.2) is 24.4 Å². The topological polar surface area (TPSA) is 42.9 Å². The van der Waals surface area contributed by atoms with E-state index in [1.54, 1.807) is 24.4 Å². The lowest BCUT2D eigenvalue weighted by molar-refractivity contribution is 0.0971. The van der Waals surface area contributed by atoms with Crippen LogP contribution in [-0.4, -0.2) is 15.8 Å². The second kappa shape index (κ2) is 4.91. The summed E-state index contributed by atoms with van der Waals surface area (Å²) in [5, 5.41) is 1.02. The standard InChI is InChI=1S/C14H10Cl2N2O/c15-9-3-1-4-10(16)13(9)14-17-7-8-11(18-14)5-2-6-12(8)19/h1,3-4,7H,2,5-6H2. The number of ketones is 1. The van der Waals surface area contributed by atoms with Crippen LogP contribution in [0.4, 0.5) is 0 Å². The number of halogens is 2. The van der Waals surface area contributed by atoms with Crippen LogP contribution in [-0.2, 0) is 6.42 Å². The smallest absolute Gasteiger partial charge is 0.166 e. The molecule has 5 heteroatoms. The Morgan fingerprint density at radius 3 is 2.58 bits per heavy atom. The third-order valence-corrected chi connectivity index (χ3v) is 3.80. The average Bonchev–Trinajstić information content (AvgIpc) is 2.39. The molecule has 0 bridgehead atoms. The van der Waals surface area contributed by atoms with Gasteiger partial charge in [0.2, 0.25) is 0 Å². The van der Waals surface area contributed by atoms with Gasteiger partial charge < -0.3 is 0 Å². The van der Waals surface area contributed by atoms with Crippen molar-refractivity contribution in [3.8, 4) is 11.4 Å². The Bertz CT molecular complexity index is 650. The number of hydrogen-bond donors (Lipinski definition) is 0. The molecule has 3 nitrogen and oxygen atoms in total. The highest BCUT2D eigenvalue weighted by Crippen LogP contribution is 2.33. The van der Waals surface area contributed by atoms with Crippen LogP contribution in [0.1, 0.15) is 28.9 Å². The number of fused-ring (bicyclic) bond motifs is 1. The van der Waals surface area contributed by atoms with Crippen LogP contribution in [0.25, 0.3) is 11.4 Å². The molecule has 0 amide bonds. The van der Waals surface area contributed by atoms with Crippen molar-refractivity contribution in [2.75, 3.05) is 0 Å². The zero-order valence-electron chi connectivity index (χ0n) is 9.99. The van der Waals surface area contributed by atoms with E-state index in [0.29, 0.717) is 33.4 Å². The van der Waals surface area contributed by atoms with E-state index in [0.717, 1.165) is 18.5 Å². The van der Waals surface area contributed by atoms with Crippen LogP contribution >= 0.6 is 23.2 Å². The fourth-order valence-electron chi connectivity index (χ4n) is 2.22. The molecule has 0 N–H and O–H groups in total. The van der Waals surface area contributed by atoms with Gasteiger partial charge in [0.15, 0.2) is 11.6 Å². The molecule has 19 heavy (non-hydrogen) atoms. The SMILES string of the molecule is O=C1CCCc2nc(-c3c(Cl)cccc3Cl)ncc21. The van der Waals surface area contributed by atoms with Crippen LogP contribution in [0.2, 0.25) is 10.0 Å². The number of Topliss-reactive ketones (excluding diaryl/α,β-unsaturated/α-hetero) is 1. The molecule has 0 aliphatic heterocycles. The molecule has 2 aromatic rings. The molecule has 96 valence electrons. The molecular weight excluding hydrogens is 283 g/mol. The predicted octanol–water partition coefficient (Wildman–Crippen LogP) is 3.97. The lowest BCUT2D eigenvalue weighted by Crippen LogP contribution is -2.13. The van der Waals surface area contributed by atoms with Gasteiger partial charge in [-0.1, -0.05) is 29.3 Å². The third kappa shape index (κ3) is 2.24. The van der Waals surface area contributed by atoms with Gasteiger partial charge in [-0.2, -0.15) is 0 Å². The van der Waals surface area contributed by atoms with Crippen molar-refractivity contribution < 1.29 is 4.79 Å². The van der Waals surface area contributed by atoms with Gasteiger partial charge in [0, 0.05) is 12.6 Å². The summed E-state index contributed by atoms with van der Waals surface area (Å²) >= 11 is 12.3. The molecule has 1 aromatic heterocycles. The van der Waals surface area contributed by atoms with Gasteiger partial charge in [-0.05, 0) is 25.0 Å². The normalized spacial score (nSPS) is 14.3. The highest BCUT2D eigenvalue weighted by Gasteiger charge is 2.21. The second-order valence-electron chi connectivity index (χ2n) is 4.43. The Labute approximate surface area is 120 Å². The number of carbonyl (C=O) groups is 1. The minimum absolute atomic E-state index is 0.109. The maximum Gasteiger partial charge on any atom is 0.166 e. The van der Waals surface area contributed by atoms with Gasteiger partial charge in [0.1, 0.15) is 0 Å². The number of aromatic nitrogens is 2. The third-order valence-electron chi connectivity index (χ3n) is 3.17. The van der Waals surface area contributed by atoms with Crippen molar-refractivity contribution in [3.05, 3.63) is 45.7 Å². The maximum atomic E-state index is 11.7. The molecule has 0 spiro atoms. The van der Waals surface area contributed by atoms with Gasteiger partial charge in [0.05, 0.1) is 26.9 Å². The summed E-state index contributed by atoms with van der Waals surface area (Å²) in [4.78, 5) is 20.4. The molecule has 0 saturated carbocycles. The van der Waals surface area contributed by atoms with E-state index in [-0.39, 0.29) is 5.78 Å². The Morgan fingerprint density at radius 2 is 1.84 bits per heavy atom. The number of rotatable bonds is 1. The fraction of sp³-hybridized carbons (Fsp3) is 0.214. The van der Waals surface area contributed by atoms with E-state index >= 15 is 0 Å². The average molecular weight is 293 g/mol. The monoisotopic (exact) mass is 292 g/mol. The highest BCUT2D eigenvalue weighted by molar-refractivity contribution is 6.38. The van der Waals surface area contributed by atoms with E-state index in [1.165, 1.54) is 0 Å². The molecular formula is C14H10Cl2N2O. The fourth-order valence-corrected chi connectivity index (χ4v) is 2.79. The van der Waals surface area contributed by atoms with Crippen LogP contribution in [0.5, 0.6) is 0 Å². The maximum absolute atomic E-state index is 11.7. The number of carbonyl (C=O) groups excluding carboxylic acids is 1. The molecule has 0 saturated heterocycles. The minimum Gasteiger partial charge on any atom is -0.294 e. The number of hydrogen-bond acceptors (Lipinski definition) is 3. The van der Waals surface area contributed by atoms with Gasteiger partial charge in [-0.15, -0.1) is 0 Å². The quantitative estimate of drug-likeness (QED) is 0.799. The largest absolute Gasteiger partial charge is 0.294 e. The molecule has 1 aliphatic rings. The first-order chi connectivity index (χ1) is 9.16. The Morgan fingerprint density at radius 1 is 1.11 bits per heavy atom. The van der Waals surface area contributed by atoms with Gasteiger partial charge in [0.25, 0.3) is 0 Å². The van der Waals surface area contributed by atoms with Gasteiger partial charge >= 0.3 is 0 Å². The number of nitrogens with zero attached hydrogens (tertiary/aromatic N) is 2. The summed E-state index contributed by atoms with van der Waals surface area (Å²) < 4.78 is 0. The summed E-state index contributed by atoms with van der Waals surface area (Å²) in [7, 11) is 0. The van der Waals surface area contributed by atoms with Gasteiger partial charge in [-0.3, -0.25) is 4.79 Å². The van der Waals surface area contributed by atoms with E-state index < -0.39 is 0 Å². The lowest BCUT2D eigenvalue weighted by atomic mass is 9.96. The van der Waals surface area contributed by atoms with Crippen molar-refractivity contribution in [3.63, 3.8) is 0 Å². The molecule has 1 heterocycles. The summed E-state index contributed by atoms with van der Waals surface area (Å²) in [6.45, 7) is 0. The van der Waals surface area contributed by atoms with Crippen LogP contribution < -0.4 is 0 Å². The zero-order chi connectivity index (χ0) is 13.4. The molecule has 0 fully saturated rings. The Kier molecular flexibility index (Phi) is 3.25. The Hall–Kier alpha value is -1.45. The van der Waals surface area contributed by atoms with Crippen molar-refractivity contribution >= 4 is 29.0 Å². The predicted molar refractivity (Wildman–Crippen MR) is 74.8 cm³/mol.